The van der Waals surface area contributed by atoms with Crippen LogP contribution in [-0.4, -0.2) is 53.4 Å². The maximum Gasteiger partial charge on any atom is 0.125 e. The van der Waals surface area contributed by atoms with Gasteiger partial charge >= 0.3 is 0 Å². The third-order valence-corrected chi connectivity index (χ3v) is 2.97. The molecule has 92 valence electrons. The topological polar surface area (TPSA) is 54.1 Å². The zero-order valence-corrected chi connectivity index (χ0v) is 10.0. The molecule has 2 aliphatic rings. The van der Waals surface area contributed by atoms with Crippen molar-refractivity contribution in [2.45, 2.75) is 25.7 Å². The fourth-order valence-corrected chi connectivity index (χ4v) is 1.89. The van der Waals surface area contributed by atoms with Crippen LogP contribution < -0.4 is 0 Å². The molecule has 3 heterocycles. The smallest absolute Gasteiger partial charge is 0.125 e. The molecule has 0 spiro atoms. The molecule has 3 rings (SSSR count). The van der Waals surface area contributed by atoms with E-state index in [2.05, 4.69) is 14.9 Å². The number of aryl methyl sites for hydroxylation is 1. The van der Waals surface area contributed by atoms with Crippen LogP contribution in [0.1, 0.15) is 11.4 Å². The summed E-state index contributed by atoms with van der Waals surface area (Å²) in [7, 11) is 0. The molecule has 1 aromatic heterocycles. The van der Waals surface area contributed by atoms with Crippen molar-refractivity contribution in [1.29, 1.82) is 0 Å². The highest BCUT2D eigenvalue weighted by atomic mass is 16.6. The van der Waals surface area contributed by atoms with E-state index in [0.717, 1.165) is 44.2 Å². The highest BCUT2D eigenvalue weighted by molar-refractivity contribution is 5.05. The standard InChI is InChI=1S/C12H17N3O2/c1-9-13-2-10(3-14-9)4-15(5-11-7-16-11)6-12-8-17-12/h2-3,11-12H,4-8H2,1H3. The fourth-order valence-electron chi connectivity index (χ4n) is 1.89. The third-order valence-electron chi connectivity index (χ3n) is 2.97. The van der Waals surface area contributed by atoms with Crippen LogP contribution in [-0.2, 0) is 16.0 Å². The number of aromatic nitrogens is 2. The van der Waals surface area contributed by atoms with Crippen LogP contribution in [0.25, 0.3) is 0 Å². The predicted molar refractivity (Wildman–Crippen MR) is 61.5 cm³/mol. The second kappa shape index (κ2) is 4.68. The molecule has 0 amide bonds. The van der Waals surface area contributed by atoms with Crippen LogP contribution >= 0.6 is 0 Å². The van der Waals surface area contributed by atoms with Gasteiger partial charge in [-0.25, -0.2) is 9.97 Å². The van der Waals surface area contributed by atoms with Crippen molar-refractivity contribution in [3.05, 3.63) is 23.8 Å². The lowest BCUT2D eigenvalue weighted by atomic mass is 10.2. The van der Waals surface area contributed by atoms with Gasteiger partial charge in [0.05, 0.1) is 25.4 Å². The monoisotopic (exact) mass is 235 g/mol. The van der Waals surface area contributed by atoms with Gasteiger partial charge in [-0.3, -0.25) is 4.90 Å². The van der Waals surface area contributed by atoms with Crippen LogP contribution in [0.2, 0.25) is 0 Å². The summed E-state index contributed by atoms with van der Waals surface area (Å²) in [5.74, 6) is 0.816. The molecule has 1 aromatic rings. The number of nitrogens with zero attached hydrogens (tertiary/aromatic N) is 3. The van der Waals surface area contributed by atoms with Crippen molar-refractivity contribution in [1.82, 2.24) is 14.9 Å². The molecule has 0 saturated carbocycles. The molecule has 5 nitrogen and oxygen atoms in total. The minimum absolute atomic E-state index is 0.417. The first-order valence-electron chi connectivity index (χ1n) is 6.02. The van der Waals surface area contributed by atoms with E-state index in [0.29, 0.717) is 12.2 Å². The summed E-state index contributed by atoms with van der Waals surface area (Å²) < 4.78 is 10.6. The Hall–Kier alpha value is -1.04. The summed E-state index contributed by atoms with van der Waals surface area (Å²) in [6.45, 7) is 6.53. The molecular weight excluding hydrogens is 218 g/mol. The van der Waals surface area contributed by atoms with Gasteiger partial charge < -0.3 is 9.47 Å². The van der Waals surface area contributed by atoms with E-state index in [1.807, 2.05) is 19.3 Å². The van der Waals surface area contributed by atoms with Crippen LogP contribution in [0.5, 0.6) is 0 Å². The van der Waals surface area contributed by atoms with Gasteiger partial charge in [0.2, 0.25) is 0 Å². The maximum absolute atomic E-state index is 5.28. The number of hydrogen-bond donors (Lipinski definition) is 0. The second-order valence-corrected chi connectivity index (χ2v) is 4.74. The van der Waals surface area contributed by atoms with Gasteiger partial charge in [0.1, 0.15) is 5.82 Å². The van der Waals surface area contributed by atoms with Crippen molar-refractivity contribution in [3.8, 4) is 0 Å². The highest BCUT2D eigenvalue weighted by Crippen LogP contribution is 2.17. The molecular formula is C12H17N3O2. The van der Waals surface area contributed by atoms with Gasteiger partial charge in [-0.1, -0.05) is 0 Å². The first-order chi connectivity index (χ1) is 8.29. The van der Waals surface area contributed by atoms with E-state index >= 15 is 0 Å². The third kappa shape index (κ3) is 3.46. The Morgan fingerprint density at radius 3 is 2.18 bits per heavy atom. The Morgan fingerprint density at radius 2 is 1.71 bits per heavy atom. The molecule has 2 saturated heterocycles. The van der Waals surface area contributed by atoms with Crippen molar-refractivity contribution >= 4 is 0 Å². The van der Waals surface area contributed by atoms with E-state index in [1.165, 1.54) is 0 Å². The van der Waals surface area contributed by atoms with Gasteiger partial charge in [0.15, 0.2) is 0 Å². The molecule has 5 heteroatoms. The van der Waals surface area contributed by atoms with Crippen LogP contribution in [0.4, 0.5) is 0 Å². The van der Waals surface area contributed by atoms with Crippen molar-refractivity contribution in [3.63, 3.8) is 0 Å². The van der Waals surface area contributed by atoms with E-state index in [1.54, 1.807) is 0 Å². The molecule has 0 radical (unpaired) electrons. The zero-order chi connectivity index (χ0) is 11.7. The maximum atomic E-state index is 5.28. The SMILES string of the molecule is Cc1ncc(CN(CC2CO2)CC2CO2)cn1. The molecule has 2 atom stereocenters. The fraction of sp³-hybridized carbons (Fsp3) is 0.667. The lowest BCUT2D eigenvalue weighted by molar-refractivity contribution is 0.212. The molecule has 0 N–H and O–H groups in total. The number of epoxide rings is 2. The highest BCUT2D eigenvalue weighted by Gasteiger charge is 2.30. The number of rotatable bonds is 6. The summed E-state index contributed by atoms with van der Waals surface area (Å²) in [5.41, 5.74) is 1.15. The minimum Gasteiger partial charge on any atom is -0.372 e. The van der Waals surface area contributed by atoms with E-state index in [4.69, 9.17) is 9.47 Å². The van der Waals surface area contributed by atoms with Gasteiger partial charge in [-0.2, -0.15) is 0 Å². The largest absolute Gasteiger partial charge is 0.372 e. The number of ether oxygens (including phenoxy) is 2. The molecule has 2 fully saturated rings. The number of hydrogen-bond acceptors (Lipinski definition) is 5. The van der Waals surface area contributed by atoms with Crippen molar-refractivity contribution < 1.29 is 9.47 Å². The summed E-state index contributed by atoms with van der Waals surface area (Å²) >= 11 is 0. The summed E-state index contributed by atoms with van der Waals surface area (Å²) in [4.78, 5) is 10.8. The molecule has 2 unspecified atom stereocenters. The lowest BCUT2D eigenvalue weighted by Crippen LogP contribution is -2.31. The predicted octanol–water partition coefficient (Wildman–Crippen LogP) is 0.385. The van der Waals surface area contributed by atoms with Gasteiger partial charge in [0, 0.05) is 37.6 Å². The second-order valence-electron chi connectivity index (χ2n) is 4.74. The Kier molecular flexibility index (Phi) is 3.05. The van der Waals surface area contributed by atoms with Crippen LogP contribution in [0.15, 0.2) is 12.4 Å². The summed E-state index contributed by atoms with van der Waals surface area (Å²) in [5, 5.41) is 0. The van der Waals surface area contributed by atoms with E-state index in [-0.39, 0.29) is 0 Å². The molecule has 2 aliphatic heterocycles. The molecule has 0 bridgehead atoms. The van der Waals surface area contributed by atoms with E-state index in [9.17, 15) is 0 Å². The van der Waals surface area contributed by atoms with E-state index < -0.39 is 0 Å². The van der Waals surface area contributed by atoms with Gasteiger partial charge in [-0.05, 0) is 6.92 Å². The first-order valence-corrected chi connectivity index (χ1v) is 6.02. The van der Waals surface area contributed by atoms with Gasteiger partial charge in [-0.15, -0.1) is 0 Å². The Balaban J connectivity index is 1.58. The first kappa shape index (κ1) is 11.1. The van der Waals surface area contributed by atoms with Crippen molar-refractivity contribution in [2.24, 2.45) is 0 Å². The lowest BCUT2D eigenvalue weighted by Gasteiger charge is -2.20. The quantitative estimate of drug-likeness (QED) is 0.667. The molecule has 0 aliphatic carbocycles. The van der Waals surface area contributed by atoms with Gasteiger partial charge in [0.25, 0.3) is 0 Å². The average molecular weight is 235 g/mol. The summed E-state index contributed by atoms with van der Waals surface area (Å²) in [6.07, 6.45) is 4.63. The zero-order valence-electron chi connectivity index (χ0n) is 10.0. The minimum atomic E-state index is 0.417. The Labute approximate surface area is 101 Å². The van der Waals surface area contributed by atoms with Crippen LogP contribution in [0.3, 0.4) is 0 Å². The normalized spacial score (nSPS) is 26.2. The summed E-state index contributed by atoms with van der Waals surface area (Å²) in [6, 6.07) is 0. The van der Waals surface area contributed by atoms with Crippen LogP contribution in [0, 0.1) is 6.92 Å². The average Bonchev–Trinajstić information content (AvgIpc) is 3.17. The molecule has 0 aromatic carbocycles. The Morgan fingerprint density at radius 1 is 1.18 bits per heavy atom. The van der Waals surface area contributed by atoms with Crippen molar-refractivity contribution in [2.75, 3.05) is 26.3 Å². The Bertz CT molecular complexity index is 360. The molecule has 17 heavy (non-hydrogen) atoms.